The predicted molar refractivity (Wildman–Crippen MR) is 316 cm³/mol. The summed E-state index contributed by atoms with van der Waals surface area (Å²) < 4.78 is 81.2. The summed E-state index contributed by atoms with van der Waals surface area (Å²) in [6.45, 7) is 10.7. The second-order valence-corrected chi connectivity index (χ2v) is 20.4. The minimum absolute atomic E-state index is 0.0914. The Hall–Kier alpha value is -8.85. The van der Waals surface area contributed by atoms with Gasteiger partial charge in [-0.15, -0.1) is 0 Å². The molecule has 83 heavy (non-hydrogen) atoms. The summed E-state index contributed by atoms with van der Waals surface area (Å²) >= 11 is 0. The molecule has 2 saturated heterocycles. The number of aldehydes is 1. The van der Waals surface area contributed by atoms with E-state index in [-0.39, 0.29) is 17.8 Å². The standard InChI is InChI=1S/C32H30F3N5O.C18H13N3O.C14H20F3N3/c1-21-17-23(9-7-22(21)8-10-24-19-37-30(36)28-6-4-3-5-27(24)28)31(41)38-26-12-11-25(29(18-26)32(33,34)35)20-40-15-13-39(2)14-16-40;1-12-14(8-13(11-22)9-20-12)6-7-15-10-21-18(19)17-5-3-2-4-16(15)17;1-18-12-4-3-11(13(9-12)14(15,16)17)10-20-7-5-19(2)6-8-20/h3-7,9,11-12,17-19H,13-16,20H2,1-2H3,(H2,36,37)(H,38,41);2-5,8-11H,1H3,(H2,19,21);3-4,9,18H,5-8,10H2,1-2H3. The van der Waals surface area contributed by atoms with E-state index < -0.39 is 29.4 Å². The third-order valence-corrected chi connectivity index (χ3v) is 14.4. The van der Waals surface area contributed by atoms with E-state index in [1.54, 1.807) is 55.8 Å². The number of aryl methyl sites for hydroxylation is 2. The van der Waals surface area contributed by atoms with E-state index in [0.717, 1.165) is 107 Å². The van der Waals surface area contributed by atoms with Crippen molar-refractivity contribution in [2.24, 2.45) is 0 Å². The van der Waals surface area contributed by atoms with Gasteiger partial charge in [0.05, 0.1) is 27.9 Å². The summed E-state index contributed by atoms with van der Waals surface area (Å²) in [6, 6.07) is 30.5. The number of alkyl halides is 6. The fraction of sp³-hybridized carbons (Fsp3) is 0.266. The van der Waals surface area contributed by atoms with E-state index in [9.17, 15) is 35.9 Å². The molecule has 0 atom stereocenters. The van der Waals surface area contributed by atoms with Crippen LogP contribution in [0.1, 0.15) is 76.5 Å². The van der Waals surface area contributed by atoms with Crippen LogP contribution in [0.15, 0.2) is 128 Å². The third kappa shape index (κ3) is 15.8. The molecule has 0 radical (unpaired) electrons. The minimum atomic E-state index is -4.54. The van der Waals surface area contributed by atoms with Gasteiger partial charge in [0, 0.05) is 146 Å². The maximum atomic E-state index is 13.9. The summed E-state index contributed by atoms with van der Waals surface area (Å²) in [6.07, 6.45) is -3.25. The summed E-state index contributed by atoms with van der Waals surface area (Å²) in [4.78, 5) is 44.8. The van der Waals surface area contributed by atoms with Gasteiger partial charge in [-0.05, 0) is 93.2 Å². The van der Waals surface area contributed by atoms with E-state index in [4.69, 9.17) is 11.5 Å². The van der Waals surface area contributed by atoms with Crippen LogP contribution < -0.4 is 22.1 Å². The van der Waals surface area contributed by atoms with Crippen molar-refractivity contribution < 1.29 is 35.9 Å². The van der Waals surface area contributed by atoms with E-state index >= 15 is 0 Å². The van der Waals surface area contributed by atoms with Gasteiger partial charge in [-0.1, -0.05) is 84.3 Å². The van der Waals surface area contributed by atoms with Crippen LogP contribution in [0, 0.1) is 37.5 Å². The van der Waals surface area contributed by atoms with Crippen LogP contribution in [-0.4, -0.2) is 120 Å². The Bertz CT molecular complexity index is 3770. The normalized spacial score (nSPS) is 14.2. The first-order valence-corrected chi connectivity index (χ1v) is 26.7. The van der Waals surface area contributed by atoms with Crippen LogP contribution >= 0.6 is 0 Å². The van der Waals surface area contributed by atoms with Gasteiger partial charge in [0.25, 0.3) is 5.91 Å². The van der Waals surface area contributed by atoms with Crippen molar-refractivity contribution in [3.8, 4) is 23.7 Å². The number of nitrogens with one attached hydrogen (secondary N) is 2. The summed E-state index contributed by atoms with van der Waals surface area (Å²) in [5, 5.41) is 8.94. The number of halogens is 6. The number of likely N-dealkylation sites (N-methyl/N-ethyl adjacent to an activating group) is 2. The van der Waals surface area contributed by atoms with E-state index in [0.29, 0.717) is 53.6 Å². The number of fused-ring (bicyclic) bond motifs is 2. The summed E-state index contributed by atoms with van der Waals surface area (Å²) in [5.74, 6) is 12.9. The molecular weight excluding hydrogens is 1070 g/mol. The monoisotopic (exact) mass is 1130 g/mol. The molecule has 0 bridgehead atoms. The lowest BCUT2D eigenvalue weighted by Gasteiger charge is -2.33. The molecule has 0 saturated carbocycles. The number of carbonyl (C=O) groups is 2. The van der Waals surface area contributed by atoms with E-state index in [1.807, 2.05) is 81.4 Å². The van der Waals surface area contributed by atoms with Gasteiger partial charge in [0.2, 0.25) is 0 Å². The Morgan fingerprint density at radius 2 is 1.02 bits per heavy atom. The topological polar surface area (TPSA) is 162 Å². The van der Waals surface area contributed by atoms with Crippen molar-refractivity contribution in [1.29, 1.82) is 0 Å². The number of nitrogens with zero attached hydrogens (tertiary/aromatic N) is 7. The van der Waals surface area contributed by atoms with Gasteiger partial charge in [-0.2, -0.15) is 26.3 Å². The Morgan fingerprint density at radius 1 is 0.566 bits per heavy atom. The second kappa shape index (κ2) is 26.8. The van der Waals surface area contributed by atoms with Crippen molar-refractivity contribution in [2.75, 3.05) is 95.6 Å². The van der Waals surface area contributed by atoms with Crippen molar-refractivity contribution >= 4 is 56.7 Å². The number of nitrogens with two attached hydrogens (primary N) is 2. The number of anilines is 4. The smallest absolute Gasteiger partial charge is 0.388 e. The average molecular weight is 1130 g/mol. The molecule has 0 aliphatic carbocycles. The molecular formula is C64H63F6N11O2. The molecule has 5 heterocycles. The molecule has 19 heteroatoms. The van der Waals surface area contributed by atoms with Gasteiger partial charge < -0.3 is 31.9 Å². The van der Waals surface area contributed by atoms with Crippen LogP contribution in [0.25, 0.3) is 21.5 Å². The van der Waals surface area contributed by atoms with Crippen LogP contribution in [0.3, 0.4) is 0 Å². The lowest BCUT2D eigenvalue weighted by Crippen LogP contribution is -2.44. The number of piperazine rings is 2. The Morgan fingerprint density at radius 3 is 1.49 bits per heavy atom. The zero-order chi connectivity index (χ0) is 59.4. The highest BCUT2D eigenvalue weighted by Gasteiger charge is 2.35. The number of hydrogen-bond donors (Lipinski definition) is 4. The van der Waals surface area contributed by atoms with Crippen molar-refractivity contribution in [2.45, 2.75) is 39.3 Å². The van der Waals surface area contributed by atoms with Crippen molar-refractivity contribution in [3.05, 3.63) is 195 Å². The molecule has 3 aromatic heterocycles. The lowest BCUT2D eigenvalue weighted by atomic mass is 10.0. The number of hydrogen-bond acceptors (Lipinski definition) is 12. The maximum absolute atomic E-state index is 13.9. The number of benzene rings is 5. The van der Waals surface area contributed by atoms with E-state index in [2.05, 4.69) is 64.0 Å². The molecule has 0 unspecified atom stereocenters. The molecule has 428 valence electrons. The first-order chi connectivity index (χ1) is 39.7. The van der Waals surface area contributed by atoms with Crippen LogP contribution in [-0.2, 0) is 25.4 Å². The number of aromatic nitrogens is 3. The van der Waals surface area contributed by atoms with Gasteiger partial charge in [-0.25, -0.2) is 9.97 Å². The second-order valence-electron chi connectivity index (χ2n) is 20.4. The first-order valence-electron chi connectivity index (χ1n) is 26.7. The van der Waals surface area contributed by atoms with Gasteiger partial charge in [-0.3, -0.25) is 24.4 Å². The number of amides is 1. The zero-order valence-electron chi connectivity index (χ0n) is 46.6. The largest absolute Gasteiger partial charge is 0.416 e. The molecule has 5 aromatic carbocycles. The van der Waals surface area contributed by atoms with Crippen LogP contribution in [0.4, 0.5) is 49.4 Å². The highest BCUT2D eigenvalue weighted by atomic mass is 19.4. The third-order valence-electron chi connectivity index (χ3n) is 14.4. The van der Waals surface area contributed by atoms with Gasteiger partial charge >= 0.3 is 12.4 Å². The van der Waals surface area contributed by atoms with Crippen LogP contribution in [0.2, 0.25) is 0 Å². The van der Waals surface area contributed by atoms with Gasteiger partial charge in [0.1, 0.15) is 11.6 Å². The average Bonchev–Trinajstić information content (AvgIpc) is 3.63. The Kier molecular flexibility index (Phi) is 19.5. The van der Waals surface area contributed by atoms with Crippen LogP contribution in [0.5, 0.6) is 0 Å². The number of rotatable bonds is 8. The first kappa shape index (κ1) is 60.3. The predicted octanol–water partition coefficient (Wildman–Crippen LogP) is 10.8. The number of pyridine rings is 3. The van der Waals surface area contributed by atoms with E-state index in [1.165, 1.54) is 24.4 Å². The van der Waals surface area contributed by atoms with Crippen molar-refractivity contribution in [3.63, 3.8) is 0 Å². The summed E-state index contributed by atoms with van der Waals surface area (Å²) in [7, 11) is 5.65. The molecule has 8 aromatic rings. The minimum Gasteiger partial charge on any atom is -0.388 e. The fourth-order valence-electron chi connectivity index (χ4n) is 9.47. The SMILES string of the molecule is CNc1ccc(CN2CCN(C)CC2)c(C(F)(F)F)c1.Cc1cc(C(=O)Nc2ccc(CN3CCN(C)CC3)c(C(F)(F)F)c2)ccc1C#Cc1cnc(N)c2ccccc12.Cc1ncc(C=O)cc1C#Cc1cnc(N)c2ccccc12. The fourth-order valence-corrected chi connectivity index (χ4v) is 9.47. The van der Waals surface area contributed by atoms with Gasteiger partial charge in [0.15, 0.2) is 6.29 Å². The quantitative estimate of drug-likeness (QED) is 0.0648. The molecule has 2 aliphatic rings. The Balaban J connectivity index is 0.000000180. The zero-order valence-corrected chi connectivity index (χ0v) is 46.6. The molecule has 0 spiro atoms. The molecule has 10 rings (SSSR count). The number of nitrogen functional groups attached to an aromatic ring is 2. The Labute approximate surface area is 478 Å². The lowest BCUT2D eigenvalue weighted by molar-refractivity contribution is -0.139. The highest BCUT2D eigenvalue weighted by molar-refractivity contribution is 6.04. The number of carbonyl (C=O) groups excluding carboxylic acids is 2. The molecule has 2 aliphatic heterocycles. The summed E-state index contributed by atoms with van der Waals surface area (Å²) in [5.41, 5.74) is 17.1. The van der Waals surface area contributed by atoms with Crippen molar-refractivity contribution in [1.82, 2.24) is 34.6 Å². The molecule has 13 nitrogen and oxygen atoms in total. The maximum Gasteiger partial charge on any atom is 0.416 e. The molecule has 6 N–H and O–H groups in total. The molecule has 1 amide bonds. The highest BCUT2D eigenvalue weighted by Crippen LogP contribution is 2.36. The molecule has 2 fully saturated rings.